The molecule has 3 amide bonds. The number of nitrogens with one attached hydrogen (secondary N) is 2. The van der Waals surface area contributed by atoms with Crippen LogP contribution in [0, 0.1) is 13.8 Å². The molecule has 124 valence electrons. The van der Waals surface area contributed by atoms with Crippen molar-refractivity contribution in [1.82, 2.24) is 10.6 Å². The maximum atomic E-state index is 11.7. The highest BCUT2D eigenvalue weighted by Gasteiger charge is 2.24. The maximum Gasteiger partial charge on any atom is 0.321 e. The molecular formula is C16H20N2O4S. The Morgan fingerprint density at radius 2 is 2.00 bits per heavy atom. The van der Waals surface area contributed by atoms with Crippen molar-refractivity contribution in [1.29, 1.82) is 0 Å². The number of carbonyl (C=O) groups excluding carboxylic acids is 3. The normalized spacial score (nSPS) is 13.3. The van der Waals surface area contributed by atoms with Crippen LogP contribution in [0.1, 0.15) is 24.0 Å². The van der Waals surface area contributed by atoms with Crippen LogP contribution in [0.4, 0.5) is 4.79 Å². The summed E-state index contributed by atoms with van der Waals surface area (Å²) >= 11 is 1.37. The fourth-order valence-electron chi connectivity index (χ4n) is 1.80. The second-order valence-electron chi connectivity index (χ2n) is 5.51. The van der Waals surface area contributed by atoms with Crippen LogP contribution >= 0.6 is 11.8 Å². The molecule has 6 nitrogen and oxygen atoms in total. The minimum Gasteiger partial charge on any atom is -0.455 e. The van der Waals surface area contributed by atoms with Gasteiger partial charge >= 0.3 is 12.0 Å². The molecule has 0 bridgehead atoms. The van der Waals surface area contributed by atoms with Gasteiger partial charge in [0, 0.05) is 10.9 Å². The predicted molar refractivity (Wildman–Crippen MR) is 87.3 cm³/mol. The maximum absolute atomic E-state index is 11.7. The first-order valence-electron chi connectivity index (χ1n) is 7.40. The van der Waals surface area contributed by atoms with Gasteiger partial charge in [0.1, 0.15) is 0 Å². The van der Waals surface area contributed by atoms with Crippen LogP contribution in [-0.2, 0) is 14.3 Å². The van der Waals surface area contributed by atoms with Gasteiger partial charge in [-0.2, -0.15) is 0 Å². The van der Waals surface area contributed by atoms with Gasteiger partial charge in [0.05, 0.1) is 5.75 Å². The van der Waals surface area contributed by atoms with Crippen LogP contribution in [0.25, 0.3) is 0 Å². The molecule has 0 aliphatic heterocycles. The van der Waals surface area contributed by atoms with Gasteiger partial charge in [-0.3, -0.25) is 14.9 Å². The molecule has 23 heavy (non-hydrogen) atoms. The lowest BCUT2D eigenvalue weighted by Gasteiger charge is -2.08. The van der Waals surface area contributed by atoms with Gasteiger partial charge in [-0.05, 0) is 38.3 Å². The Bertz CT molecular complexity index is 614. The first-order valence-corrected chi connectivity index (χ1v) is 8.38. The van der Waals surface area contributed by atoms with Gasteiger partial charge in [-0.1, -0.05) is 17.7 Å². The standard InChI is InChI=1S/C16H20N2O4S/c1-10-3-4-11(2)13(7-10)23-9-15(20)22-8-14(19)18-16(21)17-12-5-6-12/h3-4,7,12H,5-6,8-9H2,1-2H3,(H2,17,18,19,21). The van der Waals surface area contributed by atoms with Gasteiger partial charge in [0.25, 0.3) is 5.91 Å². The van der Waals surface area contributed by atoms with Crippen molar-refractivity contribution < 1.29 is 19.1 Å². The number of rotatable bonds is 6. The van der Waals surface area contributed by atoms with E-state index in [0.29, 0.717) is 0 Å². The molecule has 1 aliphatic rings. The molecule has 1 fully saturated rings. The molecule has 1 aromatic rings. The summed E-state index contributed by atoms with van der Waals surface area (Å²) < 4.78 is 4.87. The summed E-state index contributed by atoms with van der Waals surface area (Å²) in [5.41, 5.74) is 2.20. The van der Waals surface area contributed by atoms with E-state index in [9.17, 15) is 14.4 Å². The SMILES string of the molecule is Cc1ccc(C)c(SCC(=O)OCC(=O)NC(=O)NC2CC2)c1. The quantitative estimate of drug-likeness (QED) is 0.612. The van der Waals surface area contributed by atoms with Crippen LogP contribution in [0.2, 0.25) is 0 Å². The Labute approximate surface area is 139 Å². The number of thioether (sulfide) groups is 1. The van der Waals surface area contributed by atoms with E-state index in [1.54, 1.807) is 0 Å². The molecule has 1 aliphatic carbocycles. The number of hydrogen-bond acceptors (Lipinski definition) is 5. The molecule has 7 heteroatoms. The second kappa shape index (κ2) is 8.01. The number of ether oxygens (including phenoxy) is 1. The molecule has 1 saturated carbocycles. The number of hydrogen-bond donors (Lipinski definition) is 2. The van der Waals surface area contributed by atoms with Gasteiger partial charge in [-0.15, -0.1) is 11.8 Å². The van der Waals surface area contributed by atoms with Crippen LogP contribution in [0.3, 0.4) is 0 Å². The van der Waals surface area contributed by atoms with E-state index < -0.39 is 24.5 Å². The zero-order chi connectivity index (χ0) is 16.8. The van der Waals surface area contributed by atoms with Gasteiger partial charge in [-0.25, -0.2) is 4.79 Å². The summed E-state index contributed by atoms with van der Waals surface area (Å²) in [7, 11) is 0. The Balaban J connectivity index is 1.67. The fraction of sp³-hybridized carbons (Fsp3) is 0.438. The average molecular weight is 336 g/mol. The molecule has 0 unspecified atom stereocenters. The van der Waals surface area contributed by atoms with Crippen molar-refractivity contribution in [2.24, 2.45) is 0 Å². The highest BCUT2D eigenvalue weighted by atomic mass is 32.2. The monoisotopic (exact) mass is 336 g/mol. The summed E-state index contributed by atoms with van der Waals surface area (Å²) in [6, 6.07) is 5.63. The Hall–Kier alpha value is -2.02. The molecule has 2 rings (SSSR count). The van der Waals surface area contributed by atoms with Gasteiger partial charge in [0.15, 0.2) is 6.61 Å². The highest BCUT2D eigenvalue weighted by molar-refractivity contribution is 8.00. The van der Waals surface area contributed by atoms with Gasteiger partial charge < -0.3 is 10.1 Å². The number of aryl methyl sites for hydroxylation is 2. The van der Waals surface area contributed by atoms with Crippen LogP contribution < -0.4 is 10.6 Å². The van der Waals surface area contributed by atoms with E-state index in [4.69, 9.17) is 4.74 Å². The van der Waals surface area contributed by atoms with E-state index in [0.717, 1.165) is 28.9 Å². The third-order valence-corrected chi connectivity index (χ3v) is 4.35. The van der Waals surface area contributed by atoms with Crippen molar-refractivity contribution in [2.75, 3.05) is 12.4 Å². The van der Waals surface area contributed by atoms with Crippen LogP contribution in [-0.4, -0.2) is 36.3 Å². The van der Waals surface area contributed by atoms with E-state index in [1.165, 1.54) is 11.8 Å². The molecule has 0 heterocycles. The van der Waals surface area contributed by atoms with E-state index in [2.05, 4.69) is 10.6 Å². The van der Waals surface area contributed by atoms with Crippen LogP contribution in [0.5, 0.6) is 0 Å². The lowest BCUT2D eigenvalue weighted by Crippen LogP contribution is -2.42. The van der Waals surface area contributed by atoms with E-state index in [1.807, 2.05) is 32.0 Å². The molecule has 0 spiro atoms. The number of carbonyl (C=O) groups is 3. The zero-order valence-corrected chi connectivity index (χ0v) is 14.0. The largest absolute Gasteiger partial charge is 0.455 e. The fourth-order valence-corrected chi connectivity index (χ4v) is 2.72. The van der Waals surface area contributed by atoms with Crippen molar-refractivity contribution in [3.63, 3.8) is 0 Å². The summed E-state index contributed by atoms with van der Waals surface area (Å²) in [4.78, 5) is 35.5. The lowest BCUT2D eigenvalue weighted by atomic mass is 10.2. The second-order valence-corrected chi connectivity index (χ2v) is 6.53. The smallest absolute Gasteiger partial charge is 0.321 e. The van der Waals surface area contributed by atoms with Crippen LogP contribution in [0.15, 0.2) is 23.1 Å². The lowest BCUT2D eigenvalue weighted by molar-refractivity contribution is -0.145. The molecule has 0 radical (unpaired) electrons. The number of urea groups is 1. The Morgan fingerprint density at radius 3 is 2.70 bits per heavy atom. The van der Waals surface area contributed by atoms with E-state index >= 15 is 0 Å². The van der Waals surface area contributed by atoms with Crippen molar-refractivity contribution >= 4 is 29.7 Å². The molecule has 0 aromatic heterocycles. The van der Waals surface area contributed by atoms with Gasteiger partial charge in [0.2, 0.25) is 0 Å². The Morgan fingerprint density at radius 1 is 1.26 bits per heavy atom. The molecular weight excluding hydrogens is 316 g/mol. The topological polar surface area (TPSA) is 84.5 Å². The highest BCUT2D eigenvalue weighted by Crippen LogP contribution is 2.23. The summed E-state index contributed by atoms with van der Waals surface area (Å²) in [5.74, 6) is -1.01. The molecule has 0 atom stereocenters. The Kier molecular flexibility index (Phi) is 6.04. The number of amides is 3. The average Bonchev–Trinajstić information content (AvgIpc) is 3.29. The summed E-state index contributed by atoms with van der Waals surface area (Å²) in [5, 5.41) is 4.74. The summed E-state index contributed by atoms with van der Waals surface area (Å²) in [6.07, 6.45) is 1.87. The molecule has 0 saturated heterocycles. The van der Waals surface area contributed by atoms with Crippen molar-refractivity contribution in [3.05, 3.63) is 29.3 Å². The summed E-state index contributed by atoms with van der Waals surface area (Å²) in [6.45, 7) is 3.50. The minimum absolute atomic E-state index is 0.117. The predicted octanol–water partition coefficient (Wildman–Crippen LogP) is 1.93. The molecule has 2 N–H and O–H groups in total. The first kappa shape index (κ1) is 17.3. The molecule has 1 aromatic carbocycles. The number of imide groups is 1. The van der Waals surface area contributed by atoms with E-state index in [-0.39, 0.29) is 11.8 Å². The zero-order valence-electron chi connectivity index (χ0n) is 13.2. The number of benzene rings is 1. The third-order valence-electron chi connectivity index (χ3n) is 3.22. The first-order chi connectivity index (χ1) is 10.9. The third kappa shape index (κ3) is 6.32. The minimum atomic E-state index is -0.631. The van der Waals surface area contributed by atoms with Crippen molar-refractivity contribution in [2.45, 2.75) is 37.6 Å². The van der Waals surface area contributed by atoms with Crippen molar-refractivity contribution in [3.8, 4) is 0 Å². The number of esters is 1.